The number of benzene rings is 1. The molecule has 7 heteroatoms. The third-order valence-corrected chi connectivity index (χ3v) is 4.89. The van der Waals surface area contributed by atoms with E-state index in [0.29, 0.717) is 12.1 Å². The van der Waals surface area contributed by atoms with Crippen LogP contribution in [0.1, 0.15) is 21.5 Å². The molecule has 1 saturated heterocycles. The van der Waals surface area contributed by atoms with Crippen molar-refractivity contribution in [3.8, 4) is 0 Å². The maximum absolute atomic E-state index is 12.3. The summed E-state index contributed by atoms with van der Waals surface area (Å²) in [6, 6.07) is 9.43. The lowest BCUT2D eigenvalue weighted by atomic mass is 10.1. The van der Waals surface area contributed by atoms with E-state index in [4.69, 9.17) is 5.73 Å². The van der Waals surface area contributed by atoms with Crippen molar-refractivity contribution in [1.29, 1.82) is 0 Å². The fourth-order valence-electron chi connectivity index (χ4n) is 3.08. The van der Waals surface area contributed by atoms with E-state index < -0.39 is 5.91 Å². The molecule has 0 radical (unpaired) electrons. The highest BCUT2D eigenvalue weighted by molar-refractivity contribution is 5.93. The second-order valence-electron chi connectivity index (χ2n) is 6.88. The van der Waals surface area contributed by atoms with Gasteiger partial charge in [-0.3, -0.25) is 14.5 Å². The van der Waals surface area contributed by atoms with Crippen LogP contribution in [-0.4, -0.2) is 54.4 Å². The number of nitrogens with two attached hydrogens (primary N) is 1. The molecule has 1 aromatic carbocycles. The second kappa shape index (κ2) is 8.18. The van der Waals surface area contributed by atoms with E-state index in [1.54, 1.807) is 6.07 Å². The van der Waals surface area contributed by atoms with E-state index in [1.165, 1.54) is 11.8 Å². The van der Waals surface area contributed by atoms with Gasteiger partial charge in [-0.2, -0.15) is 0 Å². The zero-order valence-corrected chi connectivity index (χ0v) is 15.7. The van der Waals surface area contributed by atoms with Crippen LogP contribution in [-0.2, 0) is 4.79 Å². The van der Waals surface area contributed by atoms with E-state index in [0.717, 1.165) is 43.2 Å². The molecular weight excluding hydrogens is 342 g/mol. The van der Waals surface area contributed by atoms with Gasteiger partial charge in [0.15, 0.2) is 0 Å². The zero-order valence-electron chi connectivity index (χ0n) is 15.7. The van der Waals surface area contributed by atoms with E-state index in [9.17, 15) is 9.59 Å². The Hall–Kier alpha value is -2.93. The fraction of sp³-hybridized carbons (Fsp3) is 0.350. The number of aromatic nitrogens is 1. The Balaban J connectivity index is 1.49. The number of nitrogens with zero attached hydrogens (tertiary/aromatic N) is 3. The lowest BCUT2D eigenvalue weighted by molar-refractivity contribution is -0.117. The van der Waals surface area contributed by atoms with Crippen LogP contribution < -0.4 is 16.0 Å². The fourth-order valence-corrected chi connectivity index (χ4v) is 3.08. The molecule has 0 unspecified atom stereocenters. The molecule has 3 rings (SSSR count). The highest BCUT2D eigenvalue weighted by Crippen LogP contribution is 2.16. The average molecular weight is 367 g/mol. The van der Waals surface area contributed by atoms with Crippen LogP contribution in [0, 0.1) is 13.8 Å². The van der Waals surface area contributed by atoms with Crippen molar-refractivity contribution in [2.45, 2.75) is 13.8 Å². The van der Waals surface area contributed by atoms with Gasteiger partial charge in [0.2, 0.25) is 11.8 Å². The van der Waals surface area contributed by atoms with Crippen LogP contribution >= 0.6 is 0 Å². The first-order valence-corrected chi connectivity index (χ1v) is 9.02. The van der Waals surface area contributed by atoms with E-state index in [1.807, 2.05) is 31.2 Å². The number of carbonyl (C=O) groups excluding carboxylic acids is 2. The number of primary amides is 1. The summed E-state index contributed by atoms with van der Waals surface area (Å²) in [4.78, 5) is 32.0. The Bertz CT molecular complexity index is 827. The van der Waals surface area contributed by atoms with Crippen LogP contribution in [0.4, 0.5) is 11.5 Å². The lowest BCUT2D eigenvalue weighted by Crippen LogP contribution is -2.48. The summed E-state index contributed by atoms with van der Waals surface area (Å²) in [7, 11) is 0. The zero-order chi connectivity index (χ0) is 19.4. The van der Waals surface area contributed by atoms with Gasteiger partial charge in [0, 0.05) is 38.1 Å². The predicted molar refractivity (Wildman–Crippen MR) is 106 cm³/mol. The number of carbonyl (C=O) groups is 2. The van der Waals surface area contributed by atoms with Crippen molar-refractivity contribution >= 4 is 23.3 Å². The number of rotatable bonds is 5. The molecule has 0 spiro atoms. The topological polar surface area (TPSA) is 91.6 Å². The van der Waals surface area contributed by atoms with E-state index in [-0.39, 0.29) is 5.91 Å². The third kappa shape index (κ3) is 4.83. The van der Waals surface area contributed by atoms with Gasteiger partial charge < -0.3 is 16.0 Å². The molecule has 142 valence electrons. The van der Waals surface area contributed by atoms with Crippen molar-refractivity contribution in [3.05, 3.63) is 53.2 Å². The van der Waals surface area contributed by atoms with Gasteiger partial charge in [0.05, 0.1) is 12.1 Å². The highest BCUT2D eigenvalue weighted by Gasteiger charge is 2.20. The Morgan fingerprint density at radius 1 is 1.07 bits per heavy atom. The molecule has 1 aromatic heterocycles. The van der Waals surface area contributed by atoms with Gasteiger partial charge in [-0.15, -0.1) is 0 Å². The Labute approximate surface area is 159 Å². The van der Waals surface area contributed by atoms with Crippen molar-refractivity contribution in [3.63, 3.8) is 0 Å². The van der Waals surface area contributed by atoms with E-state index in [2.05, 4.69) is 27.0 Å². The largest absolute Gasteiger partial charge is 0.366 e. The average Bonchev–Trinajstić information content (AvgIpc) is 2.65. The molecule has 2 amide bonds. The van der Waals surface area contributed by atoms with E-state index >= 15 is 0 Å². The monoisotopic (exact) mass is 367 g/mol. The summed E-state index contributed by atoms with van der Waals surface area (Å²) >= 11 is 0. The number of amides is 2. The maximum atomic E-state index is 12.3. The second-order valence-corrected chi connectivity index (χ2v) is 6.88. The van der Waals surface area contributed by atoms with Crippen LogP contribution in [0.15, 0.2) is 36.5 Å². The molecule has 3 N–H and O–H groups in total. The van der Waals surface area contributed by atoms with Crippen LogP contribution in [0.2, 0.25) is 0 Å². The minimum atomic E-state index is -0.478. The first kappa shape index (κ1) is 18.8. The number of pyridine rings is 1. The molecule has 27 heavy (non-hydrogen) atoms. The highest BCUT2D eigenvalue weighted by atomic mass is 16.2. The molecule has 1 aliphatic heterocycles. The molecule has 1 aliphatic rings. The Kier molecular flexibility index (Phi) is 5.71. The lowest BCUT2D eigenvalue weighted by Gasteiger charge is -2.35. The standard InChI is InChI=1S/C20H25N5O2/c1-14-3-5-17(11-15(14)2)23-19(26)13-24-7-9-25(10-8-24)18-6-4-16(12-22-18)20(21)27/h3-6,11-12H,7-10,13H2,1-2H3,(H2,21,27)(H,23,26). The summed E-state index contributed by atoms with van der Waals surface area (Å²) in [5.74, 6) is 0.337. The maximum Gasteiger partial charge on any atom is 0.250 e. The van der Waals surface area contributed by atoms with Gasteiger partial charge >= 0.3 is 0 Å². The molecular formula is C20H25N5O2. The summed E-state index contributed by atoms with van der Waals surface area (Å²) in [5, 5.41) is 2.97. The number of hydrogen-bond acceptors (Lipinski definition) is 5. The number of piperazine rings is 1. The predicted octanol–water partition coefficient (Wildman–Crippen LogP) is 1.56. The third-order valence-electron chi connectivity index (χ3n) is 4.89. The first-order valence-electron chi connectivity index (χ1n) is 9.02. The summed E-state index contributed by atoms with van der Waals surface area (Å²) in [6.07, 6.45) is 1.50. The Morgan fingerprint density at radius 2 is 1.81 bits per heavy atom. The van der Waals surface area contributed by atoms with Crippen molar-refractivity contribution < 1.29 is 9.59 Å². The summed E-state index contributed by atoms with van der Waals surface area (Å²) < 4.78 is 0. The molecule has 2 heterocycles. The first-order chi connectivity index (χ1) is 12.9. The summed E-state index contributed by atoms with van der Waals surface area (Å²) in [6.45, 7) is 7.57. The molecule has 0 bridgehead atoms. The quantitative estimate of drug-likeness (QED) is 0.837. The van der Waals surface area contributed by atoms with Gasteiger partial charge in [-0.1, -0.05) is 6.07 Å². The number of nitrogens with one attached hydrogen (secondary N) is 1. The Morgan fingerprint density at radius 3 is 2.41 bits per heavy atom. The number of hydrogen-bond donors (Lipinski definition) is 2. The molecule has 0 aliphatic carbocycles. The van der Waals surface area contributed by atoms with Gasteiger partial charge in [0.25, 0.3) is 0 Å². The van der Waals surface area contributed by atoms with Crippen molar-refractivity contribution in [2.24, 2.45) is 5.73 Å². The normalized spacial score (nSPS) is 14.8. The van der Waals surface area contributed by atoms with Gasteiger partial charge in [0.1, 0.15) is 5.82 Å². The number of aryl methyl sites for hydroxylation is 2. The van der Waals surface area contributed by atoms with Crippen LogP contribution in [0.3, 0.4) is 0 Å². The smallest absolute Gasteiger partial charge is 0.250 e. The van der Waals surface area contributed by atoms with Crippen molar-refractivity contribution in [1.82, 2.24) is 9.88 Å². The minimum Gasteiger partial charge on any atom is -0.366 e. The number of anilines is 2. The molecule has 0 atom stereocenters. The SMILES string of the molecule is Cc1ccc(NC(=O)CN2CCN(c3ccc(C(N)=O)cn3)CC2)cc1C. The molecule has 0 saturated carbocycles. The van der Waals surface area contributed by atoms with Crippen LogP contribution in [0.5, 0.6) is 0 Å². The molecule has 7 nitrogen and oxygen atoms in total. The van der Waals surface area contributed by atoms with Crippen molar-refractivity contribution in [2.75, 3.05) is 42.9 Å². The van der Waals surface area contributed by atoms with Gasteiger partial charge in [-0.05, 0) is 49.2 Å². The summed E-state index contributed by atoms with van der Waals surface area (Å²) in [5.41, 5.74) is 8.85. The minimum absolute atomic E-state index is 0.00404. The molecule has 1 fully saturated rings. The van der Waals surface area contributed by atoms with Crippen LogP contribution in [0.25, 0.3) is 0 Å². The van der Waals surface area contributed by atoms with Gasteiger partial charge in [-0.25, -0.2) is 4.98 Å². The molecule has 2 aromatic rings.